The third-order valence-corrected chi connectivity index (χ3v) is 6.00. The zero-order valence-corrected chi connectivity index (χ0v) is 13.4. The normalized spacial score (nSPS) is 25.6. The van der Waals surface area contributed by atoms with E-state index in [1.54, 1.807) is 4.31 Å². The summed E-state index contributed by atoms with van der Waals surface area (Å²) >= 11 is 0. The van der Waals surface area contributed by atoms with E-state index in [0.29, 0.717) is 31.5 Å². The quantitative estimate of drug-likeness (QED) is 0.665. The molecule has 1 saturated carbocycles. The molecule has 1 unspecified atom stereocenters. The SMILES string of the molecule is CCCNCC1CCCN(S(=O)(=O)NCC2CCC2)C1. The molecule has 6 heteroatoms. The first-order valence-electron chi connectivity index (χ1n) is 8.07. The maximum Gasteiger partial charge on any atom is 0.279 e. The summed E-state index contributed by atoms with van der Waals surface area (Å²) in [6.45, 7) is 6.05. The van der Waals surface area contributed by atoms with Crippen molar-refractivity contribution in [3.8, 4) is 0 Å². The van der Waals surface area contributed by atoms with Gasteiger partial charge in [0.15, 0.2) is 0 Å². The number of rotatable bonds is 8. The molecule has 2 N–H and O–H groups in total. The van der Waals surface area contributed by atoms with Gasteiger partial charge >= 0.3 is 0 Å². The molecule has 1 aliphatic carbocycles. The lowest BCUT2D eigenvalue weighted by Gasteiger charge is -2.33. The molecule has 118 valence electrons. The van der Waals surface area contributed by atoms with Crippen LogP contribution < -0.4 is 10.0 Å². The van der Waals surface area contributed by atoms with Crippen LogP contribution in [0.3, 0.4) is 0 Å². The van der Waals surface area contributed by atoms with E-state index in [2.05, 4.69) is 17.0 Å². The molecule has 0 aromatic rings. The molecule has 0 spiro atoms. The number of piperidine rings is 1. The molecule has 0 radical (unpaired) electrons. The van der Waals surface area contributed by atoms with Gasteiger partial charge in [-0.15, -0.1) is 0 Å². The Morgan fingerprint density at radius 2 is 1.85 bits per heavy atom. The van der Waals surface area contributed by atoms with Gasteiger partial charge in [-0.3, -0.25) is 0 Å². The summed E-state index contributed by atoms with van der Waals surface area (Å²) in [5, 5.41) is 3.40. The summed E-state index contributed by atoms with van der Waals surface area (Å²) in [5.41, 5.74) is 0. The molecule has 1 saturated heterocycles. The van der Waals surface area contributed by atoms with Gasteiger partial charge in [-0.05, 0) is 57.0 Å². The largest absolute Gasteiger partial charge is 0.316 e. The average Bonchev–Trinajstić information content (AvgIpc) is 2.37. The summed E-state index contributed by atoms with van der Waals surface area (Å²) in [4.78, 5) is 0. The Balaban J connectivity index is 1.77. The van der Waals surface area contributed by atoms with Gasteiger partial charge in [-0.25, -0.2) is 4.72 Å². The lowest BCUT2D eigenvalue weighted by atomic mass is 9.86. The molecule has 20 heavy (non-hydrogen) atoms. The molecule has 0 bridgehead atoms. The summed E-state index contributed by atoms with van der Waals surface area (Å²) in [6.07, 6.45) is 6.82. The smallest absolute Gasteiger partial charge is 0.279 e. The van der Waals surface area contributed by atoms with Crippen LogP contribution in [0.5, 0.6) is 0 Å². The van der Waals surface area contributed by atoms with Crippen molar-refractivity contribution in [1.82, 2.24) is 14.3 Å². The maximum atomic E-state index is 12.3. The van der Waals surface area contributed by atoms with Crippen molar-refractivity contribution in [3.63, 3.8) is 0 Å². The van der Waals surface area contributed by atoms with Crippen LogP contribution in [0.15, 0.2) is 0 Å². The van der Waals surface area contributed by atoms with Crippen LogP contribution in [0, 0.1) is 11.8 Å². The van der Waals surface area contributed by atoms with Gasteiger partial charge in [0, 0.05) is 19.6 Å². The minimum Gasteiger partial charge on any atom is -0.316 e. The van der Waals surface area contributed by atoms with Crippen LogP contribution in [0.25, 0.3) is 0 Å². The van der Waals surface area contributed by atoms with Crippen LogP contribution in [0.1, 0.15) is 45.4 Å². The molecule has 2 rings (SSSR count). The van der Waals surface area contributed by atoms with Crippen molar-refractivity contribution in [1.29, 1.82) is 0 Å². The Morgan fingerprint density at radius 3 is 2.50 bits per heavy atom. The van der Waals surface area contributed by atoms with Crippen molar-refractivity contribution in [2.45, 2.75) is 45.4 Å². The second-order valence-electron chi connectivity index (χ2n) is 6.22. The monoisotopic (exact) mass is 303 g/mol. The highest BCUT2D eigenvalue weighted by Gasteiger charge is 2.29. The molecule has 0 amide bonds. The summed E-state index contributed by atoms with van der Waals surface area (Å²) < 4.78 is 29.0. The highest BCUT2D eigenvalue weighted by atomic mass is 32.2. The van der Waals surface area contributed by atoms with Gasteiger partial charge in [0.25, 0.3) is 10.2 Å². The minimum atomic E-state index is -3.26. The molecule has 1 atom stereocenters. The third kappa shape index (κ3) is 4.69. The summed E-state index contributed by atoms with van der Waals surface area (Å²) in [7, 11) is -3.26. The summed E-state index contributed by atoms with van der Waals surface area (Å²) in [6, 6.07) is 0. The Bertz CT molecular complexity index is 382. The standard InChI is InChI=1S/C14H29N3O2S/c1-2-8-15-10-14-7-4-9-17(12-14)20(18,19)16-11-13-5-3-6-13/h13-16H,2-12H2,1H3. The molecule has 0 aromatic heterocycles. The lowest BCUT2D eigenvalue weighted by Crippen LogP contribution is -2.48. The fourth-order valence-electron chi connectivity index (χ4n) is 2.91. The maximum absolute atomic E-state index is 12.3. The topological polar surface area (TPSA) is 61.4 Å². The van der Waals surface area contributed by atoms with Gasteiger partial charge in [-0.2, -0.15) is 12.7 Å². The van der Waals surface area contributed by atoms with Crippen molar-refractivity contribution in [2.24, 2.45) is 11.8 Å². The highest BCUT2D eigenvalue weighted by Crippen LogP contribution is 2.26. The number of nitrogens with zero attached hydrogens (tertiary/aromatic N) is 1. The van der Waals surface area contributed by atoms with Gasteiger partial charge in [0.1, 0.15) is 0 Å². The zero-order valence-electron chi connectivity index (χ0n) is 12.6. The second-order valence-corrected chi connectivity index (χ2v) is 7.98. The van der Waals surface area contributed by atoms with E-state index in [1.165, 1.54) is 19.3 Å². The fourth-order valence-corrected chi connectivity index (χ4v) is 4.31. The van der Waals surface area contributed by atoms with Gasteiger partial charge in [0.2, 0.25) is 0 Å². The van der Waals surface area contributed by atoms with Crippen molar-refractivity contribution in [2.75, 3.05) is 32.7 Å². The number of hydrogen-bond acceptors (Lipinski definition) is 3. The van der Waals surface area contributed by atoms with Gasteiger partial charge in [0.05, 0.1) is 0 Å². The van der Waals surface area contributed by atoms with E-state index < -0.39 is 10.2 Å². The van der Waals surface area contributed by atoms with E-state index in [4.69, 9.17) is 0 Å². The molecule has 2 fully saturated rings. The van der Waals surface area contributed by atoms with E-state index >= 15 is 0 Å². The number of nitrogens with one attached hydrogen (secondary N) is 2. The van der Waals surface area contributed by atoms with Crippen molar-refractivity contribution >= 4 is 10.2 Å². The Morgan fingerprint density at radius 1 is 1.10 bits per heavy atom. The Kier molecular flexibility index (Phi) is 6.26. The van der Waals surface area contributed by atoms with Crippen LogP contribution >= 0.6 is 0 Å². The van der Waals surface area contributed by atoms with Crippen LogP contribution in [-0.4, -0.2) is 45.4 Å². The van der Waals surface area contributed by atoms with E-state index in [0.717, 1.165) is 32.4 Å². The summed E-state index contributed by atoms with van der Waals surface area (Å²) in [5.74, 6) is 1.02. The van der Waals surface area contributed by atoms with Crippen molar-refractivity contribution in [3.05, 3.63) is 0 Å². The molecule has 0 aromatic carbocycles. The van der Waals surface area contributed by atoms with Crippen molar-refractivity contribution < 1.29 is 8.42 Å². The first-order chi connectivity index (χ1) is 9.62. The molecule has 1 heterocycles. The Labute approximate surface area is 123 Å². The average molecular weight is 303 g/mol. The van der Waals surface area contributed by atoms with E-state index in [1.807, 2.05) is 0 Å². The first kappa shape index (κ1) is 16.2. The predicted octanol–water partition coefficient (Wildman–Crippen LogP) is 1.33. The predicted molar refractivity (Wildman–Crippen MR) is 81.7 cm³/mol. The van der Waals surface area contributed by atoms with E-state index in [9.17, 15) is 8.42 Å². The Hall–Kier alpha value is -0.170. The third-order valence-electron chi connectivity index (χ3n) is 4.46. The van der Waals surface area contributed by atoms with Gasteiger partial charge < -0.3 is 5.32 Å². The first-order valence-corrected chi connectivity index (χ1v) is 9.51. The van der Waals surface area contributed by atoms with Crippen LogP contribution in [0.2, 0.25) is 0 Å². The second kappa shape index (κ2) is 7.73. The number of hydrogen-bond donors (Lipinski definition) is 2. The van der Waals surface area contributed by atoms with Crippen LogP contribution in [0.4, 0.5) is 0 Å². The highest BCUT2D eigenvalue weighted by molar-refractivity contribution is 7.87. The molecular formula is C14H29N3O2S. The molecule has 5 nitrogen and oxygen atoms in total. The lowest BCUT2D eigenvalue weighted by molar-refractivity contribution is 0.254. The zero-order chi connectivity index (χ0) is 14.4. The van der Waals surface area contributed by atoms with Crippen LogP contribution in [-0.2, 0) is 10.2 Å². The molecule has 2 aliphatic rings. The molecule has 1 aliphatic heterocycles. The van der Waals surface area contributed by atoms with Gasteiger partial charge in [-0.1, -0.05) is 13.3 Å². The molecular weight excluding hydrogens is 274 g/mol. The fraction of sp³-hybridized carbons (Fsp3) is 1.00. The minimum absolute atomic E-state index is 0.454. The van der Waals surface area contributed by atoms with E-state index in [-0.39, 0.29) is 0 Å².